The van der Waals surface area contributed by atoms with Gasteiger partial charge >= 0.3 is 5.97 Å². The van der Waals surface area contributed by atoms with Crippen LogP contribution in [0.3, 0.4) is 0 Å². The zero-order valence-electron chi connectivity index (χ0n) is 9.40. The lowest BCUT2D eigenvalue weighted by Gasteiger charge is -2.06. The van der Waals surface area contributed by atoms with E-state index >= 15 is 0 Å². The molecule has 0 saturated heterocycles. The van der Waals surface area contributed by atoms with Gasteiger partial charge in [0, 0.05) is 10.4 Å². The lowest BCUT2D eigenvalue weighted by Crippen LogP contribution is -2.08. The lowest BCUT2D eigenvalue weighted by molar-refractivity contribution is 0.0734. The summed E-state index contributed by atoms with van der Waals surface area (Å²) in [4.78, 5) is 11.8. The van der Waals surface area contributed by atoms with E-state index in [1.165, 1.54) is 0 Å². The van der Waals surface area contributed by atoms with E-state index in [4.69, 9.17) is 16.3 Å². The standard InChI is InChI=1S/C14H10BrClO2/c15-9-11-8-12(6-7-13(11)16)18-14(17)10-4-2-1-3-5-10/h1-8H,9H2. The van der Waals surface area contributed by atoms with E-state index in [9.17, 15) is 4.79 Å². The molecule has 0 N–H and O–H groups in total. The third-order valence-corrected chi connectivity index (χ3v) is 3.35. The molecule has 0 atom stereocenters. The molecule has 2 rings (SSSR count). The molecule has 2 aromatic carbocycles. The van der Waals surface area contributed by atoms with Crippen LogP contribution < -0.4 is 4.74 Å². The first-order valence-electron chi connectivity index (χ1n) is 5.32. The monoisotopic (exact) mass is 324 g/mol. The molecule has 0 unspecified atom stereocenters. The van der Waals surface area contributed by atoms with Gasteiger partial charge in [-0.15, -0.1) is 0 Å². The highest BCUT2D eigenvalue weighted by Crippen LogP contribution is 2.24. The molecule has 0 spiro atoms. The fourth-order valence-electron chi connectivity index (χ4n) is 1.46. The zero-order valence-corrected chi connectivity index (χ0v) is 11.7. The summed E-state index contributed by atoms with van der Waals surface area (Å²) in [6.45, 7) is 0. The van der Waals surface area contributed by atoms with Gasteiger partial charge in [0.2, 0.25) is 0 Å². The molecular weight excluding hydrogens is 316 g/mol. The SMILES string of the molecule is O=C(Oc1ccc(Cl)c(CBr)c1)c1ccccc1. The van der Waals surface area contributed by atoms with Gasteiger partial charge in [0.05, 0.1) is 5.56 Å². The Kier molecular flexibility index (Phi) is 4.39. The van der Waals surface area contributed by atoms with Crippen LogP contribution in [-0.2, 0) is 5.33 Å². The van der Waals surface area contributed by atoms with E-state index in [0.717, 1.165) is 5.56 Å². The van der Waals surface area contributed by atoms with Gasteiger partial charge in [0.15, 0.2) is 0 Å². The number of alkyl halides is 1. The van der Waals surface area contributed by atoms with Crippen molar-refractivity contribution < 1.29 is 9.53 Å². The van der Waals surface area contributed by atoms with Crippen LogP contribution in [0, 0.1) is 0 Å². The van der Waals surface area contributed by atoms with Crippen LogP contribution in [0.1, 0.15) is 15.9 Å². The van der Waals surface area contributed by atoms with Gasteiger partial charge in [0.1, 0.15) is 5.75 Å². The Morgan fingerprint density at radius 1 is 1.17 bits per heavy atom. The van der Waals surface area contributed by atoms with Crippen LogP contribution in [0.2, 0.25) is 5.02 Å². The number of carbonyl (C=O) groups is 1. The summed E-state index contributed by atoms with van der Waals surface area (Å²) in [5.41, 5.74) is 1.41. The van der Waals surface area contributed by atoms with Crippen LogP contribution in [0.15, 0.2) is 48.5 Å². The number of esters is 1. The maximum absolute atomic E-state index is 11.8. The average molecular weight is 326 g/mol. The van der Waals surface area contributed by atoms with Gasteiger partial charge in [-0.3, -0.25) is 0 Å². The fraction of sp³-hybridized carbons (Fsp3) is 0.0714. The second kappa shape index (κ2) is 6.03. The highest BCUT2D eigenvalue weighted by atomic mass is 79.9. The summed E-state index contributed by atoms with van der Waals surface area (Å²) in [6, 6.07) is 14.0. The van der Waals surface area contributed by atoms with E-state index in [2.05, 4.69) is 15.9 Å². The van der Waals surface area contributed by atoms with Gasteiger partial charge in [-0.25, -0.2) is 4.79 Å². The summed E-state index contributed by atoms with van der Waals surface area (Å²) in [7, 11) is 0. The molecule has 0 amide bonds. The molecule has 0 fully saturated rings. The second-order valence-electron chi connectivity index (χ2n) is 3.64. The summed E-state index contributed by atoms with van der Waals surface area (Å²) < 4.78 is 5.28. The van der Waals surface area contributed by atoms with E-state index in [0.29, 0.717) is 21.7 Å². The van der Waals surface area contributed by atoms with Crippen molar-refractivity contribution in [3.8, 4) is 5.75 Å². The van der Waals surface area contributed by atoms with Gasteiger partial charge in [-0.1, -0.05) is 45.7 Å². The van der Waals surface area contributed by atoms with Crippen molar-refractivity contribution in [3.63, 3.8) is 0 Å². The number of hydrogen-bond donors (Lipinski definition) is 0. The largest absolute Gasteiger partial charge is 0.423 e. The molecule has 4 heteroatoms. The van der Waals surface area contributed by atoms with Crippen LogP contribution in [0.5, 0.6) is 5.75 Å². The van der Waals surface area contributed by atoms with Crippen molar-refractivity contribution in [2.45, 2.75) is 5.33 Å². The van der Waals surface area contributed by atoms with Crippen LogP contribution in [0.4, 0.5) is 0 Å². The van der Waals surface area contributed by atoms with Crippen LogP contribution in [0.25, 0.3) is 0 Å². The summed E-state index contributed by atoms with van der Waals surface area (Å²) >= 11 is 9.31. The Balaban J connectivity index is 2.17. The Labute approximate surface area is 119 Å². The fourth-order valence-corrected chi connectivity index (χ4v) is 2.27. The minimum atomic E-state index is -0.376. The molecule has 18 heavy (non-hydrogen) atoms. The number of carbonyl (C=O) groups excluding carboxylic acids is 1. The molecule has 0 aromatic heterocycles. The quantitative estimate of drug-likeness (QED) is 0.473. The topological polar surface area (TPSA) is 26.3 Å². The maximum atomic E-state index is 11.8. The Morgan fingerprint density at radius 2 is 1.89 bits per heavy atom. The number of hydrogen-bond acceptors (Lipinski definition) is 2. The molecule has 92 valence electrons. The van der Waals surface area contributed by atoms with E-state index in [1.807, 2.05) is 6.07 Å². The smallest absolute Gasteiger partial charge is 0.343 e. The lowest BCUT2D eigenvalue weighted by atomic mass is 10.2. The van der Waals surface area contributed by atoms with Crippen molar-refractivity contribution in [2.24, 2.45) is 0 Å². The Hall–Kier alpha value is -1.32. The van der Waals surface area contributed by atoms with Crippen molar-refractivity contribution in [2.75, 3.05) is 0 Å². The first-order chi connectivity index (χ1) is 8.70. The second-order valence-corrected chi connectivity index (χ2v) is 4.61. The van der Waals surface area contributed by atoms with E-state index in [-0.39, 0.29) is 5.97 Å². The third kappa shape index (κ3) is 3.12. The van der Waals surface area contributed by atoms with Crippen molar-refractivity contribution in [1.82, 2.24) is 0 Å². The molecule has 2 aromatic rings. The van der Waals surface area contributed by atoms with Gasteiger partial charge in [-0.05, 0) is 35.9 Å². The number of ether oxygens (including phenoxy) is 1. The van der Waals surface area contributed by atoms with Crippen molar-refractivity contribution in [1.29, 1.82) is 0 Å². The van der Waals surface area contributed by atoms with Gasteiger partial charge in [0.25, 0.3) is 0 Å². The molecule has 0 bridgehead atoms. The molecule has 0 saturated carbocycles. The minimum absolute atomic E-state index is 0.376. The molecule has 0 radical (unpaired) electrons. The van der Waals surface area contributed by atoms with Crippen molar-refractivity contribution >= 4 is 33.5 Å². The molecule has 0 aliphatic heterocycles. The minimum Gasteiger partial charge on any atom is -0.423 e. The third-order valence-electron chi connectivity index (χ3n) is 2.38. The zero-order chi connectivity index (χ0) is 13.0. The molecular formula is C14H10BrClO2. The molecule has 2 nitrogen and oxygen atoms in total. The average Bonchev–Trinajstić information content (AvgIpc) is 2.42. The van der Waals surface area contributed by atoms with Crippen LogP contribution in [-0.4, -0.2) is 5.97 Å². The number of benzene rings is 2. The summed E-state index contributed by atoms with van der Waals surface area (Å²) in [5.74, 6) is 0.112. The molecule has 0 heterocycles. The van der Waals surface area contributed by atoms with Crippen LogP contribution >= 0.6 is 27.5 Å². The Bertz CT molecular complexity index is 555. The van der Waals surface area contributed by atoms with Gasteiger partial charge < -0.3 is 4.74 Å². The highest BCUT2D eigenvalue weighted by molar-refractivity contribution is 9.08. The Morgan fingerprint density at radius 3 is 2.56 bits per heavy atom. The van der Waals surface area contributed by atoms with E-state index < -0.39 is 0 Å². The summed E-state index contributed by atoms with van der Waals surface area (Å²) in [6.07, 6.45) is 0. The molecule has 0 aliphatic rings. The van der Waals surface area contributed by atoms with Gasteiger partial charge in [-0.2, -0.15) is 0 Å². The molecule has 0 aliphatic carbocycles. The maximum Gasteiger partial charge on any atom is 0.343 e. The normalized spacial score (nSPS) is 10.1. The first-order valence-corrected chi connectivity index (χ1v) is 6.82. The number of rotatable bonds is 3. The highest BCUT2D eigenvalue weighted by Gasteiger charge is 2.09. The van der Waals surface area contributed by atoms with Crippen molar-refractivity contribution in [3.05, 3.63) is 64.7 Å². The predicted octanol–water partition coefficient (Wildman–Crippen LogP) is 4.45. The predicted molar refractivity (Wildman–Crippen MR) is 75.5 cm³/mol. The first kappa shape index (κ1) is 13.1. The van der Waals surface area contributed by atoms with E-state index in [1.54, 1.807) is 42.5 Å². The summed E-state index contributed by atoms with van der Waals surface area (Å²) in [5, 5.41) is 1.26. The number of halogens is 2.